The molecule has 0 radical (unpaired) electrons. The Kier molecular flexibility index (Phi) is 35.7. The fraction of sp³-hybridized carbons (Fsp3) is 0.576. The molecule has 0 unspecified atom stereocenters. The summed E-state index contributed by atoms with van der Waals surface area (Å²) < 4.78 is 4.26. The Morgan fingerprint density at radius 3 is 1.75 bits per heavy atom. The first-order valence-corrected chi connectivity index (χ1v) is 34.6. The van der Waals surface area contributed by atoms with Crippen molar-refractivity contribution in [3.8, 4) is 5.75 Å². The van der Waals surface area contributed by atoms with Crippen molar-refractivity contribution in [2.45, 2.75) is 162 Å². The van der Waals surface area contributed by atoms with Gasteiger partial charge in [-0.25, -0.2) is 9.78 Å². The number of guanidine groups is 4. The number of methoxy groups -OCH3 is 1. The first kappa shape index (κ1) is 83.2. The van der Waals surface area contributed by atoms with E-state index >= 15 is 0 Å². The number of nitrogens with zero attached hydrogens (tertiary/aromatic N) is 5. The van der Waals surface area contributed by atoms with Crippen molar-refractivity contribution in [3.63, 3.8) is 0 Å². The monoisotopic (exact) mass is 1460 g/mol. The highest BCUT2D eigenvalue weighted by Gasteiger charge is 2.44. The predicted octanol–water partition coefficient (Wildman–Crippen LogP) is -7.49. The van der Waals surface area contributed by atoms with Crippen LogP contribution < -0.4 is 110 Å². The summed E-state index contributed by atoms with van der Waals surface area (Å²) in [5.41, 5.74) is 53.0. The van der Waals surface area contributed by atoms with E-state index in [0.29, 0.717) is 42.7 Å². The van der Waals surface area contributed by atoms with E-state index in [1.807, 2.05) is 0 Å². The number of aliphatic carboxylic acids is 2. The number of hydrogen-bond acceptors (Lipinski definition) is 23. The number of imidazole rings is 1. The van der Waals surface area contributed by atoms with Crippen LogP contribution in [0.1, 0.15) is 101 Å². The lowest BCUT2D eigenvalue weighted by Crippen LogP contribution is -2.60. The van der Waals surface area contributed by atoms with Crippen molar-refractivity contribution in [1.82, 2.24) is 63.1 Å². The third-order valence-electron chi connectivity index (χ3n) is 15.6. The number of amides is 10. The molecule has 1 aliphatic carbocycles. The first-order valence-electron chi connectivity index (χ1n) is 32.3. The zero-order valence-electron chi connectivity index (χ0n) is 55.9. The number of carboxylic acids is 2. The van der Waals surface area contributed by atoms with Gasteiger partial charge >= 0.3 is 11.9 Å². The van der Waals surface area contributed by atoms with Crippen LogP contribution in [0.2, 0.25) is 0 Å². The molecule has 9 atom stereocenters. The molecule has 2 heterocycles. The molecular formula is C59H95N25O15S2. The number of rotatable bonds is 22. The molecule has 40 nitrogen and oxygen atoms in total. The maximum absolute atomic E-state index is 14.9. The standard InChI is InChI=1S/C59H95N25O15S2/c1-99-33-15-13-31(14-16-33)23-38-49(92)80-36(11-7-20-71-56(64)65)48(91)83-41(52(95)81-37(54(97)98)12-8-21-72-57(66)67)29-100-101-59(17-3-2-4-18-59)45(61)53(96)84-58(68)73-22-5-9-34(60)46(89)74-27-42(85)77-39(24-32-26-69-30-76-32)50(93)79-35(10-6-19-70-55(62)63)47(90)75-28-43(86)78-40(25-44(87)88)51(94)82-38/h13-16,26,30,34-41,45H,2-12,17-25,27-29,60-61H2,1H3,(H,69,76)(H,74,89)(H,75,90)(H,77,85)(H,78,86)(H,79,93)(H,80,92)(H,81,95)(H,82,94)(H,83,91)(H,87,88)(H,97,98)(H4,62,63,70)(H4,64,65,71)(H4,66,67,72)(H3,68,73,84,96)/t34-,35-,36-,37-,38-,39+,40-,41-,45-/m0/s1. The van der Waals surface area contributed by atoms with E-state index in [9.17, 15) is 67.7 Å². The van der Waals surface area contributed by atoms with E-state index in [4.69, 9.17) is 56.3 Å². The molecule has 101 heavy (non-hydrogen) atoms. The summed E-state index contributed by atoms with van der Waals surface area (Å²) in [7, 11) is 3.59. The zero-order chi connectivity index (χ0) is 74.6. The van der Waals surface area contributed by atoms with Crippen LogP contribution in [-0.2, 0) is 70.4 Å². The van der Waals surface area contributed by atoms with Crippen molar-refractivity contribution < 1.29 is 72.5 Å². The zero-order valence-corrected chi connectivity index (χ0v) is 57.5. The normalized spacial score (nSPS) is 22.8. The van der Waals surface area contributed by atoms with Crippen molar-refractivity contribution in [3.05, 3.63) is 48.0 Å². The third kappa shape index (κ3) is 30.8. The Morgan fingerprint density at radius 1 is 0.663 bits per heavy atom. The van der Waals surface area contributed by atoms with Gasteiger partial charge in [0, 0.05) is 56.7 Å². The van der Waals surface area contributed by atoms with Gasteiger partial charge in [0.15, 0.2) is 23.8 Å². The topological polar surface area (TPSA) is 687 Å². The molecule has 1 aliphatic heterocycles. The van der Waals surface area contributed by atoms with Crippen LogP contribution >= 0.6 is 21.6 Å². The second-order valence-electron chi connectivity index (χ2n) is 23.6. The minimum absolute atomic E-state index is 0.000192. The van der Waals surface area contributed by atoms with Gasteiger partial charge in [0.2, 0.25) is 59.1 Å². The molecular weight excluding hydrogens is 1360 g/mol. The quantitative estimate of drug-likeness (QED) is 0.0225. The molecule has 2 aliphatic rings. The number of aromatic amines is 1. The Morgan fingerprint density at radius 2 is 1.20 bits per heavy atom. The highest BCUT2D eigenvalue weighted by atomic mass is 33.1. The number of nitrogens with one attached hydrogen (secondary N) is 11. The van der Waals surface area contributed by atoms with Gasteiger partial charge in [0.25, 0.3) is 0 Å². The summed E-state index contributed by atoms with van der Waals surface area (Å²) in [6, 6.07) is -7.62. The van der Waals surface area contributed by atoms with E-state index in [0.717, 1.165) is 28.0 Å². The smallest absolute Gasteiger partial charge is 0.326 e. The number of aliphatic imine (C=N–C) groups is 4. The third-order valence-corrected chi connectivity index (χ3v) is 19.0. The van der Waals surface area contributed by atoms with Gasteiger partial charge < -0.3 is 119 Å². The number of benzene rings is 1. The number of H-pyrrole nitrogens is 1. The van der Waals surface area contributed by atoms with Gasteiger partial charge in [-0.3, -0.25) is 78.0 Å². The van der Waals surface area contributed by atoms with E-state index in [2.05, 4.69) is 83.1 Å². The number of hydrogen-bond donors (Lipinski definition) is 22. The summed E-state index contributed by atoms with van der Waals surface area (Å²) in [4.78, 5) is 189. The van der Waals surface area contributed by atoms with Gasteiger partial charge in [-0.15, -0.1) is 0 Å². The molecule has 1 fully saturated rings. The molecule has 42 heteroatoms. The number of nitrogens with two attached hydrogens (primary N) is 9. The minimum atomic E-state index is -1.97. The van der Waals surface area contributed by atoms with E-state index < -0.39 is 150 Å². The summed E-state index contributed by atoms with van der Waals surface area (Å²) in [5, 5.41) is 45.1. The first-order chi connectivity index (χ1) is 48.0. The molecule has 4 rings (SSSR count). The summed E-state index contributed by atoms with van der Waals surface area (Å²) in [5.74, 6) is -13.9. The van der Waals surface area contributed by atoms with E-state index in [1.165, 1.54) is 19.6 Å². The Labute approximate surface area is 589 Å². The van der Waals surface area contributed by atoms with Crippen LogP contribution in [0.3, 0.4) is 0 Å². The van der Waals surface area contributed by atoms with Gasteiger partial charge in [-0.2, -0.15) is 0 Å². The number of carbonyl (C=O) groups excluding carboxylic acids is 10. The highest BCUT2D eigenvalue weighted by Crippen LogP contribution is 2.48. The fourth-order valence-corrected chi connectivity index (χ4v) is 13.8. The maximum atomic E-state index is 14.9. The molecule has 0 saturated heterocycles. The SMILES string of the molecule is COc1ccc(C[C@@H]2NC(=O)[C@H](CC(=O)O)NC(=O)CNC(=O)[C@H](CCCN=C(N)N)NC(=O)[C@@H](Cc3cnc[nH]3)NC(=O)CNC(=O)[C@@H](N)CCCN=C(N)NC(=O)[C@H](N)C3(CCCCC3)SSC[C@@H](C(=O)N[C@@H](CCCN=C(N)N)C(=O)O)NC(=O)[C@H](CCCN=C(N)N)NC2=O)cc1. The van der Waals surface area contributed by atoms with Crippen molar-refractivity contribution in [1.29, 1.82) is 0 Å². The van der Waals surface area contributed by atoms with Crippen LogP contribution in [0.25, 0.3) is 0 Å². The van der Waals surface area contributed by atoms with Crippen molar-refractivity contribution in [2.75, 3.05) is 52.1 Å². The molecule has 0 bridgehead atoms. The van der Waals surface area contributed by atoms with Gasteiger partial charge in [0.1, 0.15) is 54.1 Å². The average Bonchev–Trinajstić information content (AvgIpc) is 1.16. The molecule has 1 aromatic heterocycles. The Hall–Kier alpha value is -10.2. The van der Waals surface area contributed by atoms with Crippen LogP contribution in [0.4, 0.5) is 0 Å². The van der Waals surface area contributed by atoms with Crippen LogP contribution in [-0.4, -0.2) is 226 Å². The predicted molar refractivity (Wildman–Crippen MR) is 374 cm³/mol. The number of carbonyl (C=O) groups is 12. The molecule has 1 spiro atoms. The highest BCUT2D eigenvalue weighted by molar-refractivity contribution is 8.77. The second kappa shape index (κ2) is 43.3. The summed E-state index contributed by atoms with van der Waals surface area (Å²) >= 11 is 0. The van der Waals surface area contributed by atoms with Gasteiger partial charge in [0.05, 0.1) is 43.7 Å². The lowest BCUT2D eigenvalue weighted by atomic mass is 9.83. The van der Waals surface area contributed by atoms with Crippen LogP contribution in [0.5, 0.6) is 5.75 Å². The fourth-order valence-electron chi connectivity index (χ4n) is 10.3. The Balaban J connectivity index is 1.81. The largest absolute Gasteiger partial charge is 0.497 e. The second-order valence-corrected chi connectivity index (χ2v) is 26.3. The number of ether oxygens (including phenoxy) is 1. The summed E-state index contributed by atoms with van der Waals surface area (Å²) in [6.45, 7) is -1.78. The lowest BCUT2D eigenvalue weighted by molar-refractivity contribution is -0.142. The van der Waals surface area contributed by atoms with E-state index in [-0.39, 0.29) is 120 Å². The molecule has 2 aromatic rings. The molecule has 10 amide bonds. The molecule has 558 valence electrons. The number of carboxylic acid groups (broad SMARTS) is 2. The van der Waals surface area contributed by atoms with E-state index in [1.54, 1.807) is 24.3 Å². The van der Waals surface area contributed by atoms with Crippen LogP contribution in [0.15, 0.2) is 56.8 Å². The molecule has 1 aromatic carbocycles. The average molecular weight is 1460 g/mol. The molecule has 1 saturated carbocycles. The van der Waals surface area contributed by atoms with Gasteiger partial charge in [-0.05, 0) is 81.9 Å². The Bertz CT molecular complexity index is 3250. The lowest BCUT2D eigenvalue weighted by Gasteiger charge is -2.40. The van der Waals surface area contributed by atoms with Crippen molar-refractivity contribution in [2.24, 2.45) is 71.6 Å². The van der Waals surface area contributed by atoms with Gasteiger partial charge in [-0.1, -0.05) is 53.0 Å². The minimum Gasteiger partial charge on any atom is -0.497 e. The molecule has 31 N–H and O–H groups in total. The summed E-state index contributed by atoms with van der Waals surface area (Å²) in [6.07, 6.45) is 3.54. The maximum Gasteiger partial charge on any atom is 0.326 e. The van der Waals surface area contributed by atoms with Crippen LogP contribution in [0, 0.1) is 0 Å². The van der Waals surface area contributed by atoms with Crippen molar-refractivity contribution >= 4 is 116 Å². The number of aromatic nitrogens is 2.